The molecule has 0 spiro atoms. The molecule has 0 aromatic rings. The average Bonchev–Trinajstić information content (AvgIpc) is 2.93. The molecule has 0 amide bonds. The van der Waals surface area contributed by atoms with Crippen molar-refractivity contribution in [3.05, 3.63) is 0 Å². The van der Waals surface area contributed by atoms with Gasteiger partial charge in [-0.1, -0.05) is 64.7 Å². The van der Waals surface area contributed by atoms with Crippen LogP contribution in [0.15, 0.2) is 0 Å². The summed E-state index contributed by atoms with van der Waals surface area (Å²) < 4.78 is 10.6. The predicted molar refractivity (Wildman–Crippen MR) is 103 cm³/mol. The maximum atomic E-state index is 9.95. The largest absolute Gasteiger partial charge is 0.484 e. The van der Waals surface area contributed by atoms with Gasteiger partial charge in [0.2, 0.25) is 0 Å². The molecule has 6 heteroatoms. The fourth-order valence-electron chi connectivity index (χ4n) is 3.07. The maximum absolute atomic E-state index is 9.95. The molecule has 0 unspecified atom stereocenters. The van der Waals surface area contributed by atoms with Gasteiger partial charge in [-0.15, -0.1) is 0 Å². The summed E-state index contributed by atoms with van der Waals surface area (Å²) in [5.74, 6) is 0. The van der Waals surface area contributed by atoms with Crippen LogP contribution in [0.4, 0.5) is 0 Å². The average molecular weight is 377 g/mol. The Balaban J connectivity index is 1.93. The lowest BCUT2D eigenvalue weighted by Gasteiger charge is -2.21. The van der Waals surface area contributed by atoms with Crippen LogP contribution >= 0.6 is 12.2 Å². The Labute approximate surface area is 157 Å². The first-order chi connectivity index (χ1) is 12.1. The second kappa shape index (κ2) is 13.9. The van der Waals surface area contributed by atoms with Gasteiger partial charge < -0.3 is 24.8 Å². The molecule has 1 fully saturated rings. The van der Waals surface area contributed by atoms with Crippen LogP contribution in [0.25, 0.3) is 0 Å². The molecular formula is C19H36O5S. The van der Waals surface area contributed by atoms with Crippen LogP contribution in [0.5, 0.6) is 0 Å². The van der Waals surface area contributed by atoms with Crippen LogP contribution in [0.3, 0.4) is 0 Å². The minimum Gasteiger partial charge on any atom is -0.484 e. The van der Waals surface area contributed by atoms with E-state index in [1.54, 1.807) is 0 Å². The summed E-state index contributed by atoms with van der Waals surface area (Å²) in [6, 6.07) is 0. The van der Waals surface area contributed by atoms with Crippen LogP contribution in [0, 0.1) is 0 Å². The monoisotopic (exact) mass is 376 g/mol. The molecule has 4 atom stereocenters. The van der Waals surface area contributed by atoms with Gasteiger partial charge >= 0.3 is 0 Å². The third-order valence-electron chi connectivity index (χ3n) is 4.72. The van der Waals surface area contributed by atoms with Crippen molar-refractivity contribution in [3.63, 3.8) is 0 Å². The highest BCUT2D eigenvalue weighted by atomic mass is 32.1. The summed E-state index contributed by atoms with van der Waals surface area (Å²) >= 11 is 5.17. The SMILES string of the molecule is CCCCCCCCCCCCC(=S)OC[C@H](O)[C@H]1OC[C@@H](O)[C@H]1O. The lowest BCUT2D eigenvalue weighted by atomic mass is 10.1. The van der Waals surface area contributed by atoms with Crippen molar-refractivity contribution < 1.29 is 24.8 Å². The first kappa shape index (κ1) is 22.8. The number of thiocarbonyl (C=S) groups is 1. The van der Waals surface area contributed by atoms with E-state index < -0.39 is 24.4 Å². The molecule has 0 radical (unpaired) electrons. The fourth-order valence-corrected chi connectivity index (χ4v) is 3.28. The molecule has 0 saturated carbocycles. The molecule has 25 heavy (non-hydrogen) atoms. The number of hydrogen-bond acceptors (Lipinski definition) is 6. The van der Waals surface area contributed by atoms with Crippen molar-refractivity contribution in [1.29, 1.82) is 0 Å². The lowest BCUT2D eigenvalue weighted by molar-refractivity contribution is -0.0663. The number of hydrogen-bond donors (Lipinski definition) is 3. The van der Waals surface area contributed by atoms with Crippen LogP contribution in [-0.4, -0.2) is 58.0 Å². The van der Waals surface area contributed by atoms with Crippen LogP contribution in [0.2, 0.25) is 0 Å². The second-order valence-electron chi connectivity index (χ2n) is 7.04. The van der Waals surface area contributed by atoms with E-state index in [-0.39, 0.29) is 13.2 Å². The molecule has 1 rings (SSSR count). The zero-order valence-corrected chi connectivity index (χ0v) is 16.4. The van der Waals surface area contributed by atoms with E-state index in [0.717, 1.165) is 19.3 Å². The summed E-state index contributed by atoms with van der Waals surface area (Å²) in [5.41, 5.74) is 0. The van der Waals surface area contributed by atoms with Crippen molar-refractivity contribution in [2.75, 3.05) is 13.2 Å². The van der Waals surface area contributed by atoms with Gasteiger partial charge in [-0.25, -0.2) is 0 Å². The topological polar surface area (TPSA) is 79.2 Å². The number of rotatable bonds is 14. The minimum absolute atomic E-state index is 0.00889. The molecule has 1 saturated heterocycles. The van der Waals surface area contributed by atoms with Crippen molar-refractivity contribution in [2.24, 2.45) is 0 Å². The number of ether oxygens (including phenoxy) is 2. The van der Waals surface area contributed by atoms with E-state index in [2.05, 4.69) is 6.92 Å². The Morgan fingerprint density at radius 1 is 1.04 bits per heavy atom. The molecular weight excluding hydrogens is 340 g/mol. The fraction of sp³-hybridized carbons (Fsp3) is 0.947. The van der Waals surface area contributed by atoms with E-state index in [1.807, 2.05) is 0 Å². The zero-order chi connectivity index (χ0) is 18.5. The smallest absolute Gasteiger partial charge is 0.159 e. The van der Waals surface area contributed by atoms with E-state index in [4.69, 9.17) is 21.7 Å². The highest BCUT2D eigenvalue weighted by molar-refractivity contribution is 7.80. The van der Waals surface area contributed by atoms with Crippen molar-refractivity contribution in [2.45, 2.75) is 102 Å². The van der Waals surface area contributed by atoms with Crippen LogP contribution < -0.4 is 0 Å². The molecule has 0 aromatic carbocycles. The number of aliphatic hydroxyl groups is 3. The van der Waals surface area contributed by atoms with E-state index in [1.165, 1.54) is 51.4 Å². The minimum atomic E-state index is -1.07. The van der Waals surface area contributed by atoms with Crippen molar-refractivity contribution in [3.8, 4) is 0 Å². The van der Waals surface area contributed by atoms with Gasteiger partial charge in [-0.3, -0.25) is 0 Å². The van der Waals surface area contributed by atoms with E-state index in [0.29, 0.717) is 5.05 Å². The normalized spacial score (nSPS) is 24.4. The predicted octanol–water partition coefficient (Wildman–Crippen LogP) is 3.12. The molecule has 3 N–H and O–H groups in total. The van der Waals surface area contributed by atoms with Gasteiger partial charge in [-0.2, -0.15) is 0 Å². The summed E-state index contributed by atoms with van der Waals surface area (Å²) in [6.45, 7) is 2.27. The van der Waals surface area contributed by atoms with Gasteiger partial charge in [0.15, 0.2) is 5.05 Å². The van der Waals surface area contributed by atoms with Gasteiger partial charge in [0.25, 0.3) is 0 Å². The lowest BCUT2D eigenvalue weighted by Crippen LogP contribution is -2.41. The summed E-state index contributed by atoms with van der Waals surface area (Å²) in [5, 5.41) is 29.5. The third-order valence-corrected chi connectivity index (χ3v) is 5.04. The standard InChI is InChI=1S/C19H36O5S/c1-2-3-4-5-6-7-8-9-10-11-12-17(25)23-14-16(21)19-18(22)15(20)13-24-19/h15-16,18-22H,2-14H2,1H3/t15-,16+,18-,19-/m1/s1. The van der Waals surface area contributed by atoms with Gasteiger partial charge in [0.05, 0.1) is 6.61 Å². The Morgan fingerprint density at radius 2 is 1.60 bits per heavy atom. The first-order valence-corrected chi connectivity index (χ1v) is 10.3. The highest BCUT2D eigenvalue weighted by Gasteiger charge is 2.39. The van der Waals surface area contributed by atoms with Gasteiger partial charge in [0, 0.05) is 6.42 Å². The molecule has 0 aliphatic carbocycles. The molecule has 1 aliphatic rings. The quantitative estimate of drug-likeness (QED) is 0.319. The van der Waals surface area contributed by atoms with Crippen LogP contribution in [-0.2, 0) is 9.47 Å². The Morgan fingerprint density at radius 3 is 2.12 bits per heavy atom. The second-order valence-corrected chi connectivity index (χ2v) is 7.49. The van der Waals surface area contributed by atoms with Gasteiger partial charge in [-0.05, 0) is 18.6 Å². The molecule has 1 heterocycles. The van der Waals surface area contributed by atoms with E-state index >= 15 is 0 Å². The Bertz CT molecular complexity index is 353. The Kier molecular flexibility index (Phi) is 12.6. The Hall–Kier alpha value is -0.270. The summed E-state index contributed by atoms with van der Waals surface area (Å²) in [7, 11) is 0. The highest BCUT2D eigenvalue weighted by Crippen LogP contribution is 2.18. The van der Waals surface area contributed by atoms with Gasteiger partial charge in [0.1, 0.15) is 31.0 Å². The summed E-state index contributed by atoms with van der Waals surface area (Å²) in [6.07, 6.45) is 9.65. The molecule has 0 bridgehead atoms. The number of unbranched alkanes of at least 4 members (excludes halogenated alkanes) is 9. The molecule has 1 aliphatic heterocycles. The maximum Gasteiger partial charge on any atom is 0.159 e. The molecule has 0 aromatic heterocycles. The summed E-state index contributed by atoms with van der Waals surface area (Å²) in [4.78, 5) is 0. The third kappa shape index (κ3) is 9.85. The number of aliphatic hydroxyl groups excluding tert-OH is 3. The first-order valence-electron chi connectivity index (χ1n) is 9.87. The van der Waals surface area contributed by atoms with Crippen molar-refractivity contribution in [1.82, 2.24) is 0 Å². The van der Waals surface area contributed by atoms with E-state index in [9.17, 15) is 15.3 Å². The molecule has 5 nitrogen and oxygen atoms in total. The molecule has 148 valence electrons. The van der Waals surface area contributed by atoms with Crippen molar-refractivity contribution >= 4 is 17.3 Å². The zero-order valence-electron chi connectivity index (χ0n) is 15.6. The van der Waals surface area contributed by atoms with Crippen LogP contribution in [0.1, 0.15) is 77.6 Å².